The van der Waals surface area contributed by atoms with Crippen LogP contribution < -0.4 is 56.2 Å². The van der Waals surface area contributed by atoms with Crippen LogP contribution in [0, 0.1) is 0 Å². The number of likely N-dealkylation sites (tertiary alicyclic amines) is 1. The number of thiazole rings is 1. The summed E-state index contributed by atoms with van der Waals surface area (Å²) in [5, 5.41) is 26.3. The number of imide groups is 1. The molecule has 2 aromatic heterocycles. The fourth-order valence-corrected chi connectivity index (χ4v) is 5.20. The number of nitrogen functional groups attached to an aromatic ring is 1. The SMILES string of the molecule is CC(C)(O/N=C(\C(=O)NC1CN(C(=O)NS(=O)(=O)N2CCN(NC(=O)c3cc(=O)c(O)c[nH]3)C2=O)C1=O)c1csc(N)n1)C(=O)O.[H-].[Na+]. The Morgan fingerprint density at radius 1 is 1.23 bits per heavy atom. The van der Waals surface area contributed by atoms with E-state index in [-0.39, 0.29) is 58.4 Å². The van der Waals surface area contributed by atoms with E-state index in [0.717, 1.165) is 37.4 Å². The fraction of sp³-hybridized carbons (Fsp3) is 0.318. The molecule has 25 heteroatoms. The van der Waals surface area contributed by atoms with E-state index in [0.29, 0.717) is 9.91 Å². The summed E-state index contributed by atoms with van der Waals surface area (Å²) in [6.07, 6.45) is 0.837. The Labute approximate surface area is 290 Å². The molecule has 4 rings (SSSR count). The number of pyridine rings is 1. The Hall–Kier alpha value is -4.78. The molecule has 22 nitrogen and oxygen atoms in total. The predicted octanol–water partition coefficient (Wildman–Crippen LogP) is -5.82. The van der Waals surface area contributed by atoms with Crippen molar-refractivity contribution in [2.45, 2.75) is 25.5 Å². The third kappa shape index (κ3) is 7.97. The Morgan fingerprint density at radius 2 is 1.91 bits per heavy atom. The molecule has 4 heterocycles. The average Bonchev–Trinajstić information content (AvgIpc) is 3.56. The van der Waals surface area contributed by atoms with Gasteiger partial charge in [0, 0.05) is 17.6 Å². The number of aliphatic carboxylic acids is 1. The summed E-state index contributed by atoms with van der Waals surface area (Å²) in [5.74, 6) is -5.19. The summed E-state index contributed by atoms with van der Waals surface area (Å²) >= 11 is 0.928. The van der Waals surface area contributed by atoms with Gasteiger partial charge < -0.3 is 32.5 Å². The van der Waals surface area contributed by atoms with Crippen LogP contribution in [-0.4, -0.2) is 116 Å². The first-order valence-corrected chi connectivity index (χ1v) is 14.9. The number of carboxylic acids is 1. The van der Waals surface area contributed by atoms with Crippen LogP contribution in [0.5, 0.6) is 5.75 Å². The molecule has 2 aromatic rings. The topological polar surface area (TPSA) is 316 Å². The molecule has 47 heavy (non-hydrogen) atoms. The van der Waals surface area contributed by atoms with Gasteiger partial charge in [-0.1, -0.05) is 5.16 Å². The molecule has 1 atom stereocenters. The summed E-state index contributed by atoms with van der Waals surface area (Å²) in [6, 6.07) is -3.34. The standard InChI is InChI=1S/C22H24N10O12S2.Na.H/c1-22(2,18(38)39)44-28-14(11-8-45-19(23)26-11)16(36)25-10-7-30(17(10)37)20(40)29-46(42,43)32-4-3-31(21(32)41)27-15(35)9-5-12(33)13(34)6-24-9;;/h5-6,8,10,34H,3-4,7H2,1-2H3,(H2,23,26)(H,24,33)(H,25,36)(H,27,35)(H,29,40)(H,38,39);;/q;+1;-1/b28-14-;;. The van der Waals surface area contributed by atoms with E-state index in [4.69, 9.17) is 10.6 Å². The van der Waals surface area contributed by atoms with Gasteiger partial charge in [-0.2, -0.15) is 8.42 Å². The number of hydrazine groups is 1. The first-order chi connectivity index (χ1) is 21.4. The molecule has 0 spiro atoms. The zero-order chi connectivity index (χ0) is 34.1. The predicted molar refractivity (Wildman–Crippen MR) is 153 cm³/mol. The van der Waals surface area contributed by atoms with Crippen molar-refractivity contribution in [2.75, 3.05) is 25.4 Å². The Bertz CT molecular complexity index is 1850. The Morgan fingerprint density at radius 3 is 2.49 bits per heavy atom. The molecule has 0 aliphatic carbocycles. The van der Waals surface area contributed by atoms with Crippen LogP contribution in [0.2, 0.25) is 0 Å². The van der Waals surface area contributed by atoms with Gasteiger partial charge in [-0.15, -0.1) is 11.3 Å². The van der Waals surface area contributed by atoms with Crippen LogP contribution in [0.15, 0.2) is 27.6 Å². The molecule has 2 saturated heterocycles. The number of urea groups is 2. The number of anilines is 1. The van der Waals surface area contributed by atoms with E-state index in [1.165, 1.54) is 5.38 Å². The number of hydrogen-bond acceptors (Lipinski definition) is 15. The molecular weight excluding hydrogens is 683 g/mol. The van der Waals surface area contributed by atoms with E-state index in [1.54, 1.807) is 4.72 Å². The van der Waals surface area contributed by atoms with Gasteiger partial charge in [-0.25, -0.2) is 33.4 Å². The normalized spacial score (nSPS) is 16.6. The van der Waals surface area contributed by atoms with Crippen molar-refractivity contribution in [2.24, 2.45) is 5.16 Å². The maximum atomic E-state index is 12.9. The van der Waals surface area contributed by atoms with Crippen LogP contribution in [-0.2, 0) is 29.4 Å². The van der Waals surface area contributed by atoms with Gasteiger partial charge in [0.15, 0.2) is 16.6 Å². The monoisotopic (exact) mass is 708 g/mol. The van der Waals surface area contributed by atoms with Gasteiger partial charge in [0.2, 0.25) is 11.0 Å². The second-order valence-corrected chi connectivity index (χ2v) is 12.3. The average molecular weight is 709 g/mol. The van der Waals surface area contributed by atoms with Crippen LogP contribution in [0.1, 0.15) is 31.5 Å². The summed E-state index contributed by atoms with van der Waals surface area (Å²) in [5.41, 5.74) is 3.93. The smallest absolute Gasteiger partial charge is 1.00 e. The summed E-state index contributed by atoms with van der Waals surface area (Å²) < 4.78 is 27.3. The number of hydrogen-bond donors (Lipinski definition) is 7. The largest absolute Gasteiger partial charge is 1.00 e. The van der Waals surface area contributed by atoms with Gasteiger partial charge in [-0.05, 0) is 13.8 Å². The van der Waals surface area contributed by atoms with E-state index in [9.17, 15) is 52.2 Å². The molecule has 2 fully saturated rings. The summed E-state index contributed by atoms with van der Waals surface area (Å²) in [6.45, 7) is 0.924. The molecule has 0 radical (unpaired) electrons. The van der Waals surface area contributed by atoms with Crippen LogP contribution in [0.25, 0.3) is 0 Å². The third-order valence-corrected chi connectivity index (χ3v) is 8.22. The maximum Gasteiger partial charge on any atom is 1.00 e. The number of nitrogens with two attached hydrogens (primary N) is 1. The number of aromatic amines is 1. The summed E-state index contributed by atoms with van der Waals surface area (Å²) in [7, 11) is -4.90. The minimum Gasteiger partial charge on any atom is -1.00 e. The molecule has 0 saturated carbocycles. The van der Waals surface area contributed by atoms with E-state index in [2.05, 4.69) is 25.9 Å². The van der Waals surface area contributed by atoms with Gasteiger partial charge >= 0.3 is 57.8 Å². The number of amides is 7. The van der Waals surface area contributed by atoms with Crippen molar-refractivity contribution < 1.29 is 83.2 Å². The number of H-pyrrole nitrogens is 1. The fourth-order valence-electron chi connectivity index (χ4n) is 3.58. The molecule has 0 bridgehead atoms. The molecule has 1 unspecified atom stereocenters. The zero-order valence-corrected chi connectivity index (χ0v) is 28.2. The van der Waals surface area contributed by atoms with Crippen LogP contribution >= 0.6 is 11.3 Å². The van der Waals surface area contributed by atoms with Crippen molar-refractivity contribution in [1.82, 2.24) is 39.6 Å². The molecule has 7 amide bonds. The van der Waals surface area contributed by atoms with Crippen molar-refractivity contribution in [3.05, 3.63) is 39.3 Å². The van der Waals surface area contributed by atoms with E-state index < -0.39 is 87.6 Å². The second kappa shape index (κ2) is 13.9. The number of carbonyl (C=O) groups excluding carboxylic acids is 5. The van der Waals surface area contributed by atoms with Crippen molar-refractivity contribution in [1.29, 1.82) is 0 Å². The third-order valence-electron chi connectivity index (χ3n) is 6.19. The van der Waals surface area contributed by atoms with Crippen LogP contribution in [0.3, 0.4) is 0 Å². The zero-order valence-electron chi connectivity index (χ0n) is 25.5. The van der Waals surface area contributed by atoms with E-state index in [1.807, 2.05) is 0 Å². The molecule has 2 aliphatic heterocycles. The maximum absolute atomic E-state index is 12.9. The number of nitrogens with zero attached hydrogens (tertiary/aromatic N) is 5. The first kappa shape index (κ1) is 36.7. The van der Waals surface area contributed by atoms with E-state index >= 15 is 0 Å². The number of carbonyl (C=O) groups is 6. The van der Waals surface area contributed by atoms with Gasteiger partial charge in [0.1, 0.15) is 17.4 Å². The summed E-state index contributed by atoms with van der Waals surface area (Å²) in [4.78, 5) is 97.6. The number of β-lactam (4-membered cyclic amide) rings is 1. The Kier molecular flexibility index (Phi) is 10.9. The number of nitrogens with one attached hydrogen (secondary N) is 4. The van der Waals surface area contributed by atoms with Crippen molar-refractivity contribution >= 4 is 68.1 Å². The molecular formula is C22H25N10NaO12S2. The van der Waals surface area contributed by atoms with Gasteiger partial charge in [0.05, 0.1) is 19.6 Å². The molecule has 248 valence electrons. The number of rotatable bonds is 10. The molecule has 8 N–H and O–H groups in total. The quantitative estimate of drug-likeness (QED) is 0.0524. The van der Waals surface area contributed by atoms with Gasteiger partial charge in [-0.3, -0.25) is 29.5 Å². The molecule has 0 aromatic carbocycles. The van der Waals surface area contributed by atoms with Gasteiger partial charge in [0.25, 0.3) is 17.7 Å². The van der Waals surface area contributed by atoms with Crippen molar-refractivity contribution in [3.8, 4) is 5.75 Å². The Balaban J connectivity index is 0.00000400. The number of carboxylic acid groups (broad SMARTS) is 1. The minimum atomic E-state index is -4.90. The number of oxime groups is 1. The molecule has 2 aliphatic rings. The van der Waals surface area contributed by atoms with Crippen molar-refractivity contribution in [3.63, 3.8) is 0 Å². The number of aromatic nitrogens is 2. The van der Waals surface area contributed by atoms with Crippen LogP contribution in [0.4, 0.5) is 14.7 Å². The number of aromatic hydroxyl groups is 1. The minimum absolute atomic E-state index is 0. The first-order valence-electron chi connectivity index (χ1n) is 12.6. The second-order valence-electron chi connectivity index (χ2n) is 9.85.